The van der Waals surface area contributed by atoms with Crippen molar-refractivity contribution in [3.05, 3.63) is 83.9 Å². The van der Waals surface area contributed by atoms with E-state index in [0.29, 0.717) is 42.5 Å². The number of nitrogens with one attached hydrogen (secondary N) is 6. The lowest BCUT2D eigenvalue weighted by Gasteiger charge is -2.31. The number of likely N-dealkylation sites (tertiary alicyclic amines) is 1. The summed E-state index contributed by atoms with van der Waals surface area (Å²) in [6.45, 7) is 5.75. The Kier molecular flexibility index (Phi) is 20.6. The van der Waals surface area contributed by atoms with E-state index in [1.165, 1.54) is 29.6 Å². The first-order valence-corrected chi connectivity index (χ1v) is 22.6. The molecule has 1 aliphatic rings. The first kappa shape index (κ1) is 52.6. The number of nitrogens with zero attached hydrogens (tertiary/aromatic N) is 3. The molecule has 1 saturated heterocycles. The first-order valence-electron chi connectivity index (χ1n) is 22.6. The van der Waals surface area contributed by atoms with Gasteiger partial charge in [-0.15, -0.1) is 0 Å². The van der Waals surface area contributed by atoms with Crippen molar-refractivity contribution in [3.8, 4) is 5.75 Å². The van der Waals surface area contributed by atoms with Gasteiger partial charge in [-0.25, -0.2) is 9.78 Å². The molecule has 0 saturated carbocycles. The Morgan fingerprint density at radius 1 is 0.791 bits per heavy atom. The van der Waals surface area contributed by atoms with Gasteiger partial charge in [-0.1, -0.05) is 76.1 Å². The second-order valence-electron chi connectivity index (χ2n) is 17.0. The summed E-state index contributed by atoms with van der Waals surface area (Å²) in [7, 11) is 0. The van der Waals surface area contributed by atoms with Gasteiger partial charge in [-0.3, -0.25) is 33.8 Å². The normalized spacial score (nSPS) is 16.1. The van der Waals surface area contributed by atoms with Gasteiger partial charge >= 0.3 is 5.97 Å². The summed E-state index contributed by atoms with van der Waals surface area (Å²) in [5, 5.41) is 33.5. The zero-order chi connectivity index (χ0) is 49.0. The lowest BCUT2D eigenvalue weighted by molar-refractivity contribution is -0.145. The van der Waals surface area contributed by atoms with Crippen LogP contribution in [0.5, 0.6) is 5.75 Å². The number of aromatic nitrogens is 2. The van der Waals surface area contributed by atoms with Crippen LogP contribution < -0.4 is 43.8 Å². The fourth-order valence-electron chi connectivity index (χ4n) is 7.64. The third kappa shape index (κ3) is 16.7. The van der Waals surface area contributed by atoms with E-state index in [1.807, 2.05) is 6.92 Å². The van der Waals surface area contributed by atoms with Crippen LogP contribution in [0.4, 0.5) is 0 Å². The van der Waals surface area contributed by atoms with Gasteiger partial charge in [0.1, 0.15) is 42.0 Å². The molecule has 0 aliphatic carbocycles. The van der Waals surface area contributed by atoms with Crippen LogP contribution in [0.25, 0.3) is 0 Å². The maximum Gasteiger partial charge on any atom is 0.326 e. The number of aliphatic imine (C=N–C) groups is 1. The van der Waals surface area contributed by atoms with E-state index in [-0.39, 0.29) is 63.3 Å². The molecule has 6 amide bonds. The Balaban J connectivity index is 1.54. The van der Waals surface area contributed by atoms with Crippen LogP contribution in [0.1, 0.15) is 82.5 Å². The van der Waals surface area contributed by atoms with E-state index in [4.69, 9.17) is 17.2 Å². The van der Waals surface area contributed by atoms with Gasteiger partial charge in [0.25, 0.3) is 0 Å². The predicted octanol–water partition coefficient (Wildman–Crippen LogP) is -0.130. The number of benzene rings is 2. The van der Waals surface area contributed by atoms with Gasteiger partial charge in [0.2, 0.25) is 35.4 Å². The molecule has 364 valence electrons. The van der Waals surface area contributed by atoms with Crippen LogP contribution in [0, 0.1) is 5.92 Å². The number of carbonyl (C=O) groups excluding carboxylic acids is 6. The van der Waals surface area contributed by atoms with Crippen molar-refractivity contribution in [3.63, 3.8) is 0 Å². The minimum atomic E-state index is -1.29. The lowest BCUT2D eigenvalue weighted by atomic mass is 9.99. The van der Waals surface area contributed by atoms with Gasteiger partial charge in [0.05, 0.1) is 12.4 Å². The number of hydrogen-bond acceptors (Lipinski definition) is 11. The molecule has 4 rings (SSSR count). The number of aliphatic carboxylic acids is 1. The van der Waals surface area contributed by atoms with Gasteiger partial charge in [-0.05, 0) is 61.3 Å². The van der Waals surface area contributed by atoms with Gasteiger partial charge in [0.15, 0.2) is 5.96 Å². The quantitative estimate of drug-likeness (QED) is 0.0284. The molecular weight excluding hydrogens is 865 g/mol. The van der Waals surface area contributed by atoms with E-state index in [9.17, 15) is 43.8 Å². The third-order valence-corrected chi connectivity index (χ3v) is 11.4. The van der Waals surface area contributed by atoms with Crippen LogP contribution in [0.2, 0.25) is 0 Å². The molecule has 0 radical (unpaired) electrons. The van der Waals surface area contributed by atoms with Gasteiger partial charge in [0, 0.05) is 44.2 Å². The number of H-pyrrole nitrogens is 1. The summed E-state index contributed by atoms with van der Waals surface area (Å²) in [5.74, 6) is -5.75. The number of unbranched alkanes of at least 4 members (excludes halogenated alkanes) is 1. The molecule has 7 atom stereocenters. The molecule has 1 aromatic heterocycles. The standard InChI is InChI=1S/C46H66N12O9/c1-4-5-14-33(53-41(62)34(22-29-16-18-31(59)19-17-29)54-43(64)38(27(2)3)57-39(60)32(47)13-9-20-51-46(48)49)40(61)55-35(24-30-25-50-26-52-30)44(65)58-21-10-15-37(58)42(63)56-36(45(66)67)23-28-11-7-6-8-12-28/h6-8,11-12,16-19,25-27,32-38,59H,4-5,9-10,13-15,20-24,47H2,1-3H3,(H,50,52)(H,53,62)(H,54,64)(H,55,61)(H,56,63)(H,57,60)(H,66,67)(H4,48,49,51)/t32-,33-,34-,35-,36-,37-,38-/m0/s1. The van der Waals surface area contributed by atoms with Crippen LogP contribution in [0.15, 0.2) is 72.1 Å². The number of aromatic amines is 1. The monoisotopic (exact) mass is 931 g/mol. The summed E-state index contributed by atoms with van der Waals surface area (Å²) in [6.07, 6.45) is 5.43. The van der Waals surface area contributed by atoms with Crippen molar-refractivity contribution in [2.45, 2.75) is 127 Å². The predicted molar refractivity (Wildman–Crippen MR) is 249 cm³/mol. The van der Waals surface area contributed by atoms with Crippen LogP contribution in [-0.4, -0.2) is 128 Å². The molecule has 1 aliphatic heterocycles. The molecule has 67 heavy (non-hydrogen) atoms. The highest BCUT2D eigenvalue weighted by atomic mass is 16.4. The molecule has 0 spiro atoms. The number of phenols is 1. The Morgan fingerprint density at radius 2 is 1.43 bits per heavy atom. The summed E-state index contributed by atoms with van der Waals surface area (Å²) in [5.41, 5.74) is 18.6. The second kappa shape index (κ2) is 26.2. The third-order valence-electron chi connectivity index (χ3n) is 11.4. The van der Waals surface area contributed by atoms with Crippen molar-refractivity contribution in [2.24, 2.45) is 28.1 Å². The summed E-state index contributed by atoms with van der Waals surface area (Å²) >= 11 is 0. The molecular formula is C46H66N12O9. The average Bonchev–Trinajstić information content (AvgIpc) is 4.01. The smallest absolute Gasteiger partial charge is 0.326 e. The number of nitrogens with two attached hydrogens (primary N) is 3. The summed E-state index contributed by atoms with van der Waals surface area (Å²) in [4.78, 5) is 108. The van der Waals surface area contributed by atoms with E-state index >= 15 is 0 Å². The molecule has 0 bridgehead atoms. The molecule has 3 aromatic rings. The Hall–Kier alpha value is -7.03. The highest BCUT2D eigenvalue weighted by Gasteiger charge is 2.40. The maximum atomic E-state index is 14.5. The van der Waals surface area contributed by atoms with Crippen molar-refractivity contribution in [2.75, 3.05) is 13.1 Å². The molecule has 0 unspecified atom stereocenters. The molecule has 14 N–H and O–H groups in total. The number of imidazole rings is 1. The summed E-state index contributed by atoms with van der Waals surface area (Å²) < 4.78 is 0. The van der Waals surface area contributed by atoms with E-state index in [2.05, 4.69) is 41.5 Å². The highest BCUT2D eigenvalue weighted by Crippen LogP contribution is 2.21. The topological polar surface area (TPSA) is 342 Å². The fourth-order valence-corrected chi connectivity index (χ4v) is 7.64. The first-order chi connectivity index (χ1) is 32.0. The number of phenolic OH excluding ortho intramolecular Hbond substituents is 1. The molecule has 21 heteroatoms. The minimum absolute atomic E-state index is 0.0186. The number of carbonyl (C=O) groups is 7. The number of aromatic hydroxyl groups is 1. The van der Waals surface area contributed by atoms with Crippen molar-refractivity contribution in [1.29, 1.82) is 0 Å². The number of hydrogen-bond donors (Lipinski definition) is 11. The zero-order valence-corrected chi connectivity index (χ0v) is 38.3. The number of carboxylic acid groups (broad SMARTS) is 1. The molecule has 2 heterocycles. The fraction of sp³-hybridized carbons (Fsp3) is 0.500. The van der Waals surface area contributed by atoms with E-state index < -0.39 is 89.6 Å². The largest absolute Gasteiger partial charge is 0.508 e. The van der Waals surface area contributed by atoms with Gasteiger partial charge < -0.3 is 63.9 Å². The zero-order valence-electron chi connectivity index (χ0n) is 38.3. The molecule has 21 nitrogen and oxygen atoms in total. The van der Waals surface area contributed by atoms with Crippen molar-refractivity contribution in [1.82, 2.24) is 41.5 Å². The average molecular weight is 931 g/mol. The molecule has 1 fully saturated rings. The Labute approximate surface area is 389 Å². The second-order valence-corrected chi connectivity index (χ2v) is 17.0. The number of amides is 6. The number of guanidine groups is 1. The number of rotatable bonds is 26. The lowest BCUT2D eigenvalue weighted by Crippen LogP contribution is -2.60. The number of carboxylic acids is 1. The van der Waals surface area contributed by atoms with E-state index in [1.54, 1.807) is 56.3 Å². The van der Waals surface area contributed by atoms with Crippen LogP contribution in [0.3, 0.4) is 0 Å². The Morgan fingerprint density at radius 3 is 2.06 bits per heavy atom. The SMILES string of the molecule is CCCC[C@H](NC(=O)[C@H](Cc1ccc(O)cc1)NC(=O)[C@@H](NC(=O)[C@@H](N)CCCN=C(N)N)C(C)C)C(=O)N[C@@H](Cc1cnc[nH]1)C(=O)N1CCC[C@H]1C(=O)N[C@@H](Cc1ccccc1)C(=O)O. The molecule has 2 aromatic carbocycles. The maximum absolute atomic E-state index is 14.5. The minimum Gasteiger partial charge on any atom is -0.508 e. The highest BCUT2D eigenvalue weighted by molar-refractivity contribution is 5.97. The summed E-state index contributed by atoms with van der Waals surface area (Å²) in [6, 6.07) is 6.73. The Bertz CT molecular complexity index is 2130. The van der Waals surface area contributed by atoms with E-state index in [0.717, 1.165) is 0 Å². The van der Waals surface area contributed by atoms with Crippen molar-refractivity contribution < 1.29 is 43.8 Å². The van der Waals surface area contributed by atoms with Crippen molar-refractivity contribution >= 4 is 47.4 Å². The van der Waals surface area contributed by atoms with Crippen LogP contribution in [-0.2, 0) is 52.8 Å². The van der Waals surface area contributed by atoms with Crippen LogP contribution >= 0.6 is 0 Å². The van der Waals surface area contributed by atoms with Gasteiger partial charge in [-0.2, -0.15) is 0 Å².